The van der Waals surface area contributed by atoms with Gasteiger partial charge in [-0.05, 0) is 36.6 Å². The van der Waals surface area contributed by atoms with E-state index in [4.69, 9.17) is 10.1 Å². The maximum absolute atomic E-state index is 10.0. The molecular weight excluding hydrogens is 528 g/mol. The quantitative estimate of drug-likeness (QED) is 0.178. The Labute approximate surface area is 176 Å². The third kappa shape index (κ3) is 3.28. The van der Waals surface area contributed by atoms with E-state index in [-0.39, 0.29) is 31.6 Å². The summed E-state index contributed by atoms with van der Waals surface area (Å²) in [4.78, 5) is 14.9. The number of aryl methyl sites for hydroxylation is 1. The fraction of sp³-hybridized carbons (Fsp3) is 0.130. The van der Waals surface area contributed by atoms with E-state index in [9.17, 15) is 4.79 Å². The minimum atomic E-state index is -0.125. The second-order valence-corrected chi connectivity index (χ2v) is 6.68. The molecule has 2 heterocycles. The summed E-state index contributed by atoms with van der Waals surface area (Å²) < 4.78 is 2.23. The molecule has 4 aromatic rings. The topological polar surface area (TPSA) is 55.1 Å². The second kappa shape index (κ2) is 7.70. The molecule has 0 unspecified atom stereocenters. The van der Waals surface area contributed by atoms with Gasteiger partial charge >= 0.3 is 0 Å². The van der Waals surface area contributed by atoms with Crippen molar-refractivity contribution in [1.82, 2.24) is 9.55 Å². The summed E-state index contributed by atoms with van der Waals surface area (Å²) in [5.74, 6) is -0.0625. The molecule has 0 saturated heterocycles. The number of hydrogen-bond donors (Lipinski definition) is 1. The summed E-state index contributed by atoms with van der Waals surface area (Å²) in [5.41, 5.74) is 7.06. The molecule has 2 aromatic carbocycles. The number of benzene rings is 2. The van der Waals surface area contributed by atoms with Crippen LogP contribution in [0.4, 0.5) is 0 Å². The molecule has 5 rings (SSSR count). The summed E-state index contributed by atoms with van der Waals surface area (Å²) in [6.45, 7) is 2.85. The molecule has 4 nitrogen and oxygen atoms in total. The van der Waals surface area contributed by atoms with Gasteiger partial charge in [-0.25, -0.2) is 0 Å². The van der Waals surface area contributed by atoms with Crippen LogP contribution in [0.25, 0.3) is 45.0 Å². The molecule has 0 spiro atoms. The van der Waals surface area contributed by atoms with Crippen molar-refractivity contribution in [3.05, 3.63) is 65.4 Å². The first-order valence-corrected chi connectivity index (χ1v) is 8.75. The Morgan fingerprint density at radius 2 is 1.96 bits per heavy atom. The number of fused-ring (bicyclic) bond motifs is 4. The monoisotopic (exact) mass is 548 g/mol. The summed E-state index contributed by atoms with van der Waals surface area (Å²) in [7, 11) is 2.11. The van der Waals surface area contributed by atoms with Crippen LogP contribution in [0.15, 0.2) is 48.2 Å². The van der Waals surface area contributed by atoms with Gasteiger partial charge in [-0.1, -0.05) is 29.7 Å². The number of carbonyl (C=O) groups is 1. The molecule has 0 amide bonds. The Kier molecular flexibility index (Phi) is 5.50. The van der Waals surface area contributed by atoms with Gasteiger partial charge in [0.2, 0.25) is 0 Å². The smallest absolute Gasteiger partial charge is 0.155 e. The predicted molar refractivity (Wildman–Crippen MR) is 111 cm³/mol. The van der Waals surface area contributed by atoms with E-state index >= 15 is 0 Å². The molecule has 0 fully saturated rings. The molecule has 2 aromatic heterocycles. The number of carbonyl (C=O) groups excluding carboxylic acids is 1. The summed E-state index contributed by atoms with van der Waals surface area (Å²) in [6.07, 6.45) is 5.56. The standard InChI is InChI=1S/C18H11N2.C5H8O2.Ir/c1-20-15-8-3-2-6-12(15)17-18(20)13-10-9-11-5-4-7-14(19-17)16(11)13;1-4(6)3-5(2)7;/h2-5,7-10H,1H3;3,6H,1-2H3;/q-1;;/b;4-3-;. The van der Waals surface area contributed by atoms with E-state index < -0.39 is 0 Å². The van der Waals surface area contributed by atoms with Gasteiger partial charge in [0.1, 0.15) is 0 Å². The molecule has 1 N–H and O–H groups in total. The van der Waals surface area contributed by atoms with E-state index in [1.54, 1.807) is 0 Å². The first-order valence-electron chi connectivity index (χ1n) is 8.75. The van der Waals surface area contributed by atoms with E-state index in [0.717, 1.165) is 16.4 Å². The van der Waals surface area contributed by atoms with Crippen LogP contribution < -0.4 is 0 Å². The number of pyridine rings is 1. The molecule has 143 valence electrons. The van der Waals surface area contributed by atoms with E-state index in [1.165, 1.54) is 47.5 Å². The Bertz CT molecular complexity index is 1280. The van der Waals surface area contributed by atoms with Gasteiger partial charge in [-0.2, -0.15) is 0 Å². The molecule has 1 aliphatic rings. The van der Waals surface area contributed by atoms with E-state index in [2.05, 4.69) is 54.1 Å². The minimum absolute atomic E-state index is 0. The molecule has 1 radical (unpaired) electrons. The van der Waals surface area contributed by atoms with Crippen LogP contribution in [0.5, 0.6) is 0 Å². The fourth-order valence-corrected chi connectivity index (χ4v) is 3.66. The Morgan fingerprint density at radius 1 is 1.18 bits per heavy atom. The van der Waals surface area contributed by atoms with Gasteiger partial charge in [-0.15, -0.1) is 24.3 Å². The molecule has 0 saturated carbocycles. The van der Waals surface area contributed by atoms with Crippen LogP contribution in [-0.4, -0.2) is 20.4 Å². The normalized spacial score (nSPS) is 12.2. The van der Waals surface area contributed by atoms with Crippen LogP contribution in [-0.2, 0) is 31.9 Å². The Morgan fingerprint density at radius 3 is 2.64 bits per heavy atom. The van der Waals surface area contributed by atoms with Gasteiger partial charge in [-0.3, -0.25) is 9.78 Å². The molecular formula is C23H19IrN2O2-. The number of aliphatic hydroxyl groups is 1. The Balaban J connectivity index is 0.000000246. The third-order valence-electron chi connectivity index (χ3n) is 4.67. The zero-order valence-corrected chi connectivity index (χ0v) is 18.2. The number of allylic oxidation sites excluding steroid dienone is 2. The van der Waals surface area contributed by atoms with Gasteiger partial charge in [0, 0.05) is 49.6 Å². The third-order valence-corrected chi connectivity index (χ3v) is 4.67. The van der Waals surface area contributed by atoms with Crippen molar-refractivity contribution in [2.24, 2.45) is 7.05 Å². The number of ketones is 1. The van der Waals surface area contributed by atoms with Crippen LogP contribution in [0.2, 0.25) is 0 Å². The zero-order chi connectivity index (χ0) is 19.1. The maximum atomic E-state index is 10.0. The van der Waals surface area contributed by atoms with Gasteiger partial charge in [0.25, 0.3) is 0 Å². The van der Waals surface area contributed by atoms with Crippen LogP contribution >= 0.6 is 0 Å². The van der Waals surface area contributed by atoms with Gasteiger partial charge in [0.15, 0.2) is 5.78 Å². The van der Waals surface area contributed by atoms with Crippen molar-refractivity contribution in [2.75, 3.05) is 0 Å². The second-order valence-electron chi connectivity index (χ2n) is 6.68. The molecule has 5 heteroatoms. The number of hydrogen-bond acceptors (Lipinski definition) is 3. The molecule has 28 heavy (non-hydrogen) atoms. The van der Waals surface area contributed by atoms with Gasteiger partial charge in [0.05, 0.1) is 11.3 Å². The van der Waals surface area contributed by atoms with Crippen molar-refractivity contribution in [3.8, 4) is 0 Å². The predicted octanol–water partition coefficient (Wildman–Crippen LogP) is 5.20. The summed E-state index contributed by atoms with van der Waals surface area (Å²) in [6, 6.07) is 15.8. The first kappa shape index (κ1) is 20.0. The van der Waals surface area contributed by atoms with Crippen LogP contribution in [0.1, 0.15) is 25.0 Å². The molecule has 0 aliphatic heterocycles. The number of aliphatic hydroxyl groups excluding tert-OH is 1. The van der Waals surface area contributed by atoms with Crippen LogP contribution in [0.3, 0.4) is 0 Å². The average molecular weight is 548 g/mol. The number of nitrogens with zero attached hydrogens (tertiary/aromatic N) is 2. The Hall–Kier alpha value is -2.75. The maximum Gasteiger partial charge on any atom is 0.155 e. The number of aromatic nitrogens is 2. The van der Waals surface area contributed by atoms with Crippen molar-refractivity contribution in [2.45, 2.75) is 13.8 Å². The van der Waals surface area contributed by atoms with E-state index in [0.29, 0.717) is 0 Å². The molecule has 1 aliphatic carbocycles. The fourth-order valence-electron chi connectivity index (χ4n) is 3.66. The van der Waals surface area contributed by atoms with Crippen molar-refractivity contribution < 1.29 is 30.0 Å². The van der Waals surface area contributed by atoms with Crippen molar-refractivity contribution in [3.63, 3.8) is 0 Å². The first-order chi connectivity index (χ1) is 13.0. The summed E-state index contributed by atoms with van der Waals surface area (Å²) in [5, 5.41) is 10.7. The minimum Gasteiger partial charge on any atom is -0.512 e. The van der Waals surface area contributed by atoms with E-state index in [1.807, 2.05) is 12.1 Å². The zero-order valence-electron chi connectivity index (χ0n) is 15.8. The van der Waals surface area contributed by atoms with Crippen LogP contribution in [0, 0.1) is 6.07 Å². The van der Waals surface area contributed by atoms with Crippen molar-refractivity contribution in [1.29, 1.82) is 0 Å². The largest absolute Gasteiger partial charge is 0.512 e. The average Bonchev–Trinajstić information content (AvgIpc) is 3.17. The summed E-state index contributed by atoms with van der Waals surface area (Å²) >= 11 is 0. The SMILES string of the molecule is CC(=O)/C=C(/C)O.Cn1c2ccc[c-]c2c2nc3cccc4c3c(c21)C=C4.[Ir]. The van der Waals surface area contributed by atoms with Crippen molar-refractivity contribution >= 4 is 50.8 Å². The molecule has 0 bridgehead atoms. The number of rotatable bonds is 1. The van der Waals surface area contributed by atoms with Gasteiger partial charge < -0.3 is 9.67 Å². The molecule has 0 atom stereocenters.